The lowest BCUT2D eigenvalue weighted by atomic mass is 10.0. The summed E-state index contributed by atoms with van der Waals surface area (Å²) in [4.78, 5) is 3.33. The third-order valence-electron chi connectivity index (χ3n) is 5.19. The second-order valence-electron chi connectivity index (χ2n) is 6.62. The van der Waals surface area contributed by atoms with E-state index in [0.717, 1.165) is 6.54 Å². The molecule has 2 aromatic rings. The zero-order valence-corrected chi connectivity index (χ0v) is 11.7. The van der Waals surface area contributed by atoms with Gasteiger partial charge in [-0.25, -0.2) is 0 Å². The van der Waals surface area contributed by atoms with Crippen LogP contribution < -0.4 is 5.32 Å². The van der Waals surface area contributed by atoms with Gasteiger partial charge in [0.1, 0.15) is 0 Å². The van der Waals surface area contributed by atoms with Gasteiger partial charge in [-0.05, 0) is 27.8 Å². The van der Waals surface area contributed by atoms with Crippen LogP contribution in [-0.4, -0.2) is 11.0 Å². The number of rotatable bonds is 3. The van der Waals surface area contributed by atoms with Crippen molar-refractivity contribution in [1.82, 2.24) is 10.3 Å². The highest BCUT2D eigenvalue weighted by atomic mass is 15.0. The number of aromatic nitrogens is 1. The van der Waals surface area contributed by atoms with Crippen molar-refractivity contribution in [2.24, 2.45) is 10.8 Å². The summed E-state index contributed by atoms with van der Waals surface area (Å²) in [7, 11) is 0. The van der Waals surface area contributed by atoms with Gasteiger partial charge in [0.25, 0.3) is 0 Å². The molecule has 96 valence electrons. The third-order valence-corrected chi connectivity index (χ3v) is 5.19. The lowest BCUT2D eigenvalue weighted by molar-refractivity contribution is 0.457. The van der Waals surface area contributed by atoms with Crippen LogP contribution in [0.15, 0.2) is 30.5 Å². The van der Waals surface area contributed by atoms with E-state index in [1.165, 1.54) is 16.5 Å². The molecule has 0 spiro atoms. The summed E-state index contributed by atoms with van der Waals surface area (Å²) in [5, 5.41) is 5.01. The molecule has 1 aromatic carbocycles. The normalized spacial score (nSPS) is 21.3. The molecular formula is C16H22N2. The molecule has 2 heteroatoms. The maximum absolute atomic E-state index is 3.72. The molecule has 0 amide bonds. The fourth-order valence-corrected chi connectivity index (χ4v) is 3.22. The van der Waals surface area contributed by atoms with Crippen LogP contribution in [0.1, 0.15) is 33.3 Å². The standard InChI is InChI=1S/C16H22N2/c1-15(2)14(16(15,3)4)18-10-12-7-5-6-11-8-9-17-13(11)12/h5-9,14,17-18H,10H2,1-4H3. The van der Waals surface area contributed by atoms with Crippen LogP contribution in [0.25, 0.3) is 10.9 Å². The molecule has 1 aliphatic carbocycles. The monoisotopic (exact) mass is 242 g/mol. The molecule has 1 saturated carbocycles. The second kappa shape index (κ2) is 3.61. The number of nitrogens with one attached hydrogen (secondary N) is 2. The van der Waals surface area contributed by atoms with Crippen molar-refractivity contribution in [3.63, 3.8) is 0 Å². The molecule has 0 bridgehead atoms. The van der Waals surface area contributed by atoms with Gasteiger partial charge in [0.05, 0.1) is 0 Å². The first kappa shape index (κ1) is 11.8. The van der Waals surface area contributed by atoms with Gasteiger partial charge < -0.3 is 10.3 Å². The Morgan fingerprint density at radius 2 is 1.83 bits per heavy atom. The van der Waals surface area contributed by atoms with E-state index in [-0.39, 0.29) is 0 Å². The van der Waals surface area contributed by atoms with E-state index in [2.05, 4.69) is 62.3 Å². The van der Waals surface area contributed by atoms with Crippen LogP contribution in [0.2, 0.25) is 0 Å². The van der Waals surface area contributed by atoms with Crippen LogP contribution in [-0.2, 0) is 6.54 Å². The number of benzene rings is 1. The smallest absolute Gasteiger partial charge is 0.0499 e. The highest BCUT2D eigenvalue weighted by molar-refractivity contribution is 5.82. The number of aromatic amines is 1. The molecule has 1 aromatic heterocycles. The predicted molar refractivity (Wildman–Crippen MR) is 76.5 cm³/mol. The summed E-state index contributed by atoms with van der Waals surface area (Å²) in [5.41, 5.74) is 3.42. The maximum Gasteiger partial charge on any atom is 0.0499 e. The van der Waals surface area contributed by atoms with E-state index in [1.54, 1.807) is 0 Å². The molecule has 2 N–H and O–H groups in total. The predicted octanol–water partition coefficient (Wildman–Crippen LogP) is 3.69. The topological polar surface area (TPSA) is 27.8 Å². The second-order valence-corrected chi connectivity index (χ2v) is 6.62. The first-order chi connectivity index (χ1) is 8.44. The zero-order chi connectivity index (χ0) is 13.0. The van der Waals surface area contributed by atoms with Gasteiger partial charge in [0, 0.05) is 24.3 Å². The SMILES string of the molecule is CC1(C)C(NCc2cccc3cc[nH]c23)C1(C)C. The van der Waals surface area contributed by atoms with Crippen LogP contribution in [0.3, 0.4) is 0 Å². The highest BCUT2D eigenvalue weighted by Gasteiger charge is 2.64. The number of H-pyrrole nitrogens is 1. The van der Waals surface area contributed by atoms with E-state index in [0.29, 0.717) is 16.9 Å². The van der Waals surface area contributed by atoms with Crippen LogP contribution in [0.5, 0.6) is 0 Å². The minimum Gasteiger partial charge on any atom is -0.361 e. The lowest BCUT2D eigenvalue weighted by Crippen LogP contribution is -2.21. The lowest BCUT2D eigenvalue weighted by Gasteiger charge is -2.07. The Balaban J connectivity index is 1.77. The molecule has 18 heavy (non-hydrogen) atoms. The zero-order valence-electron chi connectivity index (χ0n) is 11.7. The van der Waals surface area contributed by atoms with Crippen LogP contribution in [0.4, 0.5) is 0 Å². The van der Waals surface area contributed by atoms with Gasteiger partial charge in [-0.2, -0.15) is 0 Å². The first-order valence-corrected chi connectivity index (χ1v) is 6.73. The largest absolute Gasteiger partial charge is 0.361 e. The Morgan fingerprint density at radius 1 is 1.11 bits per heavy atom. The van der Waals surface area contributed by atoms with E-state index >= 15 is 0 Å². The maximum atomic E-state index is 3.72. The van der Waals surface area contributed by atoms with E-state index in [1.807, 2.05) is 6.20 Å². The highest BCUT2D eigenvalue weighted by Crippen LogP contribution is 2.62. The molecule has 0 aliphatic heterocycles. The minimum atomic E-state index is 0.399. The van der Waals surface area contributed by atoms with Gasteiger partial charge >= 0.3 is 0 Å². The Hall–Kier alpha value is -1.28. The summed E-state index contributed by atoms with van der Waals surface area (Å²) < 4.78 is 0. The van der Waals surface area contributed by atoms with Gasteiger partial charge in [-0.1, -0.05) is 45.9 Å². The van der Waals surface area contributed by atoms with E-state index < -0.39 is 0 Å². The third kappa shape index (κ3) is 1.52. The van der Waals surface area contributed by atoms with Crippen molar-refractivity contribution in [1.29, 1.82) is 0 Å². The fraction of sp³-hybridized carbons (Fsp3) is 0.500. The number of para-hydroxylation sites is 1. The van der Waals surface area contributed by atoms with Crippen molar-refractivity contribution in [3.05, 3.63) is 36.0 Å². The summed E-state index contributed by atoms with van der Waals surface area (Å²) >= 11 is 0. The number of hydrogen-bond donors (Lipinski definition) is 2. The van der Waals surface area contributed by atoms with Gasteiger partial charge in [0.2, 0.25) is 0 Å². The molecule has 1 aliphatic rings. The molecule has 3 rings (SSSR count). The summed E-state index contributed by atoms with van der Waals surface area (Å²) in [6.45, 7) is 10.3. The van der Waals surface area contributed by atoms with Crippen molar-refractivity contribution in [2.45, 2.75) is 40.3 Å². The van der Waals surface area contributed by atoms with Crippen molar-refractivity contribution >= 4 is 10.9 Å². The van der Waals surface area contributed by atoms with E-state index in [9.17, 15) is 0 Å². The Bertz CT molecular complexity index is 564. The first-order valence-electron chi connectivity index (χ1n) is 6.73. The minimum absolute atomic E-state index is 0.399. The molecular weight excluding hydrogens is 220 g/mol. The van der Waals surface area contributed by atoms with Crippen LogP contribution >= 0.6 is 0 Å². The molecule has 0 atom stereocenters. The summed E-state index contributed by atoms with van der Waals surface area (Å²) in [6, 6.07) is 9.23. The average molecular weight is 242 g/mol. The van der Waals surface area contributed by atoms with Crippen molar-refractivity contribution < 1.29 is 0 Å². The van der Waals surface area contributed by atoms with Crippen molar-refractivity contribution in [2.75, 3.05) is 0 Å². The molecule has 1 fully saturated rings. The quantitative estimate of drug-likeness (QED) is 0.844. The van der Waals surface area contributed by atoms with Gasteiger partial charge in [-0.3, -0.25) is 0 Å². The Labute approximate surface area is 109 Å². The number of fused-ring (bicyclic) bond motifs is 1. The molecule has 1 heterocycles. The molecule has 2 nitrogen and oxygen atoms in total. The fourth-order valence-electron chi connectivity index (χ4n) is 3.22. The van der Waals surface area contributed by atoms with Gasteiger partial charge in [-0.15, -0.1) is 0 Å². The Kier molecular flexibility index (Phi) is 2.36. The molecule has 0 radical (unpaired) electrons. The van der Waals surface area contributed by atoms with E-state index in [4.69, 9.17) is 0 Å². The van der Waals surface area contributed by atoms with Gasteiger partial charge in [0.15, 0.2) is 0 Å². The average Bonchev–Trinajstić information content (AvgIpc) is 2.71. The van der Waals surface area contributed by atoms with Crippen LogP contribution in [0, 0.1) is 10.8 Å². The molecule has 0 unspecified atom stereocenters. The van der Waals surface area contributed by atoms with Crippen molar-refractivity contribution in [3.8, 4) is 0 Å². The summed E-state index contributed by atoms with van der Waals surface area (Å²) in [5.74, 6) is 0. The summed E-state index contributed by atoms with van der Waals surface area (Å²) in [6.07, 6.45) is 2.01. The molecule has 0 saturated heterocycles. The Morgan fingerprint density at radius 3 is 2.50 bits per heavy atom. The number of hydrogen-bond acceptors (Lipinski definition) is 1.